The van der Waals surface area contributed by atoms with Gasteiger partial charge in [0.05, 0.1) is 0 Å². The first-order valence-electron chi connectivity index (χ1n) is 4.65. The normalized spacial score (nSPS) is 10.7. The van der Waals surface area contributed by atoms with E-state index in [1.54, 1.807) is 6.92 Å². The molecule has 0 bridgehead atoms. The van der Waals surface area contributed by atoms with Gasteiger partial charge in [0.1, 0.15) is 5.56 Å². The maximum atomic E-state index is 10.8. The highest BCUT2D eigenvalue weighted by Crippen LogP contribution is 2.37. The number of carboxylic acid groups (broad SMARTS) is 1. The highest BCUT2D eigenvalue weighted by atomic mass is 16.4. The minimum Gasteiger partial charge on any atom is -0.504 e. The van der Waals surface area contributed by atoms with Crippen molar-refractivity contribution in [2.45, 2.75) is 26.7 Å². The van der Waals surface area contributed by atoms with Crippen molar-refractivity contribution in [1.29, 1.82) is 0 Å². The molecule has 82 valence electrons. The number of carbonyl (C=O) groups is 1. The predicted molar refractivity (Wildman–Crippen MR) is 55.6 cm³/mol. The molecule has 1 aromatic rings. The molecule has 0 saturated carbocycles. The van der Waals surface area contributed by atoms with Gasteiger partial charge in [0.2, 0.25) is 0 Å². The zero-order chi connectivity index (χ0) is 11.7. The molecule has 0 aliphatic carbocycles. The molecule has 0 saturated heterocycles. The molecule has 4 heteroatoms. The van der Waals surface area contributed by atoms with E-state index in [9.17, 15) is 15.0 Å². The zero-order valence-electron chi connectivity index (χ0n) is 8.90. The highest BCUT2D eigenvalue weighted by Gasteiger charge is 2.19. The molecule has 0 unspecified atom stereocenters. The van der Waals surface area contributed by atoms with E-state index in [0.29, 0.717) is 5.56 Å². The summed E-state index contributed by atoms with van der Waals surface area (Å²) in [5, 5.41) is 27.8. The molecule has 3 N–H and O–H groups in total. The fraction of sp³-hybridized carbons (Fsp3) is 0.364. The molecule has 0 heterocycles. The second kappa shape index (κ2) is 3.81. The molecular weight excluding hydrogens is 196 g/mol. The van der Waals surface area contributed by atoms with E-state index in [4.69, 9.17) is 5.11 Å². The van der Waals surface area contributed by atoms with Crippen LogP contribution in [0.2, 0.25) is 0 Å². The third kappa shape index (κ3) is 1.88. The van der Waals surface area contributed by atoms with Crippen LogP contribution in [0, 0.1) is 6.92 Å². The Bertz CT molecular complexity index is 408. The number of carboxylic acids is 1. The Balaban J connectivity index is 3.52. The third-order valence-electron chi connectivity index (χ3n) is 2.42. The number of hydrogen-bond acceptors (Lipinski definition) is 3. The van der Waals surface area contributed by atoms with Crippen LogP contribution in [0.3, 0.4) is 0 Å². The lowest BCUT2D eigenvalue weighted by Gasteiger charge is -2.14. The third-order valence-corrected chi connectivity index (χ3v) is 2.42. The van der Waals surface area contributed by atoms with Crippen molar-refractivity contribution in [3.63, 3.8) is 0 Å². The number of hydrogen-bond donors (Lipinski definition) is 3. The van der Waals surface area contributed by atoms with E-state index in [2.05, 4.69) is 0 Å². The first kappa shape index (κ1) is 11.4. The summed E-state index contributed by atoms with van der Waals surface area (Å²) in [6.07, 6.45) is 0. The van der Waals surface area contributed by atoms with E-state index in [0.717, 1.165) is 5.56 Å². The number of aromatic hydroxyl groups is 2. The fourth-order valence-electron chi connectivity index (χ4n) is 1.54. The Hall–Kier alpha value is -1.71. The summed E-state index contributed by atoms with van der Waals surface area (Å²) in [6.45, 7) is 5.44. The molecule has 0 fully saturated rings. The number of phenolic OH excluding ortho intramolecular Hbond substituents is 1. The van der Waals surface area contributed by atoms with Gasteiger partial charge in [0, 0.05) is 0 Å². The van der Waals surface area contributed by atoms with E-state index < -0.39 is 11.7 Å². The Morgan fingerprint density at radius 2 is 1.80 bits per heavy atom. The number of aromatic carboxylic acids is 1. The van der Waals surface area contributed by atoms with Crippen LogP contribution in [-0.4, -0.2) is 21.3 Å². The standard InChI is InChI=1S/C11H14O4/c1-5(2)7-4-8(11(14)15)10(13)9(12)6(7)3/h4-5,12-13H,1-3H3,(H,14,15). The Morgan fingerprint density at radius 3 is 2.20 bits per heavy atom. The molecule has 0 aliphatic heterocycles. The molecule has 0 spiro atoms. The summed E-state index contributed by atoms with van der Waals surface area (Å²) in [6, 6.07) is 1.40. The maximum Gasteiger partial charge on any atom is 0.339 e. The van der Waals surface area contributed by atoms with Crippen LogP contribution in [0.1, 0.15) is 41.3 Å². The van der Waals surface area contributed by atoms with Crippen LogP contribution in [0.5, 0.6) is 11.5 Å². The van der Waals surface area contributed by atoms with E-state index in [1.165, 1.54) is 6.07 Å². The Kier molecular flexibility index (Phi) is 2.88. The van der Waals surface area contributed by atoms with Crippen LogP contribution in [0.15, 0.2) is 6.07 Å². The van der Waals surface area contributed by atoms with Gasteiger partial charge in [-0.3, -0.25) is 0 Å². The SMILES string of the molecule is Cc1c(C(C)C)cc(C(=O)O)c(O)c1O. The van der Waals surface area contributed by atoms with Gasteiger partial charge < -0.3 is 15.3 Å². The maximum absolute atomic E-state index is 10.8. The summed E-state index contributed by atoms with van der Waals surface area (Å²) in [5.74, 6) is -2.07. The van der Waals surface area contributed by atoms with Crippen molar-refractivity contribution in [1.82, 2.24) is 0 Å². The first-order chi connectivity index (χ1) is 6.86. The van der Waals surface area contributed by atoms with Gasteiger partial charge in [0.15, 0.2) is 11.5 Å². The quantitative estimate of drug-likeness (QED) is 0.654. The molecule has 4 nitrogen and oxygen atoms in total. The van der Waals surface area contributed by atoms with Crippen LogP contribution in [-0.2, 0) is 0 Å². The van der Waals surface area contributed by atoms with Gasteiger partial charge in [-0.15, -0.1) is 0 Å². The summed E-state index contributed by atoms with van der Waals surface area (Å²) >= 11 is 0. The Labute approximate surface area is 87.8 Å². The number of phenols is 2. The van der Waals surface area contributed by atoms with Crippen LogP contribution in [0.4, 0.5) is 0 Å². The van der Waals surface area contributed by atoms with E-state index in [-0.39, 0.29) is 17.2 Å². The van der Waals surface area contributed by atoms with Gasteiger partial charge in [-0.05, 0) is 30.0 Å². The lowest BCUT2D eigenvalue weighted by molar-refractivity contribution is 0.0693. The molecule has 0 radical (unpaired) electrons. The van der Waals surface area contributed by atoms with Crippen LogP contribution in [0.25, 0.3) is 0 Å². The van der Waals surface area contributed by atoms with Gasteiger partial charge in [0.25, 0.3) is 0 Å². The number of benzene rings is 1. The largest absolute Gasteiger partial charge is 0.504 e. The van der Waals surface area contributed by atoms with Crippen molar-refractivity contribution >= 4 is 5.97 Å². The minimum absolute atomic E-state index is 0.0922. The first-order valence-corrected chi connectivity index (χ1v) is 4.65. The lowest BCUT2D eigenvalue weighted by atomic mass is 9.94. The van der Waals surface area contributed by atoms with Crippen molar-refractivity contribution in [2.24, 2.45) is 0 Å². The summed E-state index contributed by atoms with van der Waals surface area (Å²) in [4.78, 5) is 10.8. The van der Waals surface area contributed by atoms with Crippen molar-refractivity contribution in [3.8, 4) is 11.5 Å². The second-order valence-electron chi connectivity index (χ2n) is 3.80. The molecule has 1 rings (SSSR count). The van der Waals surface area contributed by atoms with Crippen LogP contribution >= 0.6 is 0 Å². The average Bonchev–Trinajstić information content (AvgIpc) is 2.13. The van der Waals surface area contributed by atoms with Gasteiger partial charge in [-0.2, -0.15) is 0 Å². The minimum atomic E-state index is -1.25. The van der Waals surface area contributed by atoms with Crippen molar-refractivity contribution in [3.05, 3.63) is 22.8 Å². The summed E-state index contributed by atoms with van der Waals surface area (Å²) < 4.78 is 0. The van der Waals surface area contributed by atoms with E-state index in [1.807, 2.05) is 13.8 Å². The molecule has 1 aromatic carbocycles. The molecular formula is C11H14O4. The monoisotopic (exact) mass is 210 g/mol. The highest BCUT2D eigenvalue weighted by molar-refractivity contribution is 5.92. The second-order valence-corrected chi connectivity index (χ2v) is 3.80. The molecule has 0 amide bonds. The molecule has 0 atom stereocenters. The topological polar surface area (TPSA) is 77.8 Å². The summed E-state index contributed by atoms with van der Waals surface area (Å²) in [5.41, 5.74) is 0.983. The summed E-state index contributed by atoms with van der Waals surface area (Å²) in [7, 11) is 0. The van der Waals surface area contributed by atoms with Gasteiger partial charge >= 0.3 is 5.97 Å². The smallest absolute Gasteiger partial charge is 0.339 e. The lowest BCUT2D eigenvalue weighted by Crippen LogP contribution is -2.02. The molecule has 0 aliphatic rings. The van der Waals surface area contributed by atoms with E-state index >= 15 is 0 Å². The number of rotatable bonds is 2. The fourth-order valence-corrected chi connectivity index (χ4v) is 1.54. The molecule has 15 heavy (non-hydrogen) atoms. The van der Waals surface area contributed by atoms with Gasteiger partial charge in [-0.25, -0.2) is 4.79 Å². The average molecular weight is 210 g/mol. The van der Waals surface area contributed by atoms with Crippen molar-refractivity contribution < 1.29 is 20.1 Å². The van der Waals surface area contributed by atoms with Gasteiger partial charge in [-0.1, -0.05) is 13.8 Å². The predicted octanol–water partition coefficient (Wildman–Crippen LogP) is 2.23. The Morgan fingerprint density at radius 1 is 1.27 bits per heavy atom. The zero-order valence-corrected chi connectivity index (χ0v) is 8.90. The molecule has 0 aromatic heterocycles. The van der Waals surface area contributed by atoms with Crippen LogP contribution < -0.4 is 0 Å². The van der Waals surface area contributed by atoms with Crippen molar-refractivity contribution in [2.75, 3.05) is 0 Å².